The third-order valence-electron chi connectivity index (χ3n) is 3.54. The van der Waals surface area contributed by atoms with E-state index in [0.29, 0.717) is 11.1 Å². The minimum absolute atomic E-state index is 0.0670. The van der Waals surface area contributed by atoms with Crippen LogP contribution in [0.1, 0.15) is 15.9 Å². The summed E-state index contributed by atoms with van der Waals surface area (Å²) in [5.74, 6) is -1.17. The van der Waals surface area contributed by atoms with E-state index in [4.69, 9.17) is 4.74 Å². The Morgan fingerprint density at radius 1 is 1.17 bits per heavy atom. The van der Waals surface area contributed by atoms with Crippen molar-refractivity contribution in [2.75, 3.05) is 5.32 Å². The second-order valence-electron chi connectivity index (χ2n) is 5.02. The number of fused-ring (bicyclic) bond motifs is 1. The zero-order valence-corrected chi connectivity index (χ0v) is 11.9. The van der Waals surface area contributed by atoms with Crippen LogP contribution in [0.25, 0.3) is 0 Å². The number of anilines is 1. The summed E-state index contributed by atoms with van der Waals surface area (Å²) in [6, 6.07) is 12.7. The molecule has 1 aliphatic rings. The Balaban J connectivity index is 1.81. The highest BCUT2D eigenvalue weighted by Gasteiger charge is 2.31. The van der Waals surface area contributed by atoms with E-state index in [0.717, 1.165) is 0 Å². The molecule has 116 valence electrons. The van der Waals surface area contributed by atoms with Crippen molar-refractivity contribution >= 4 is 23.3 Å². The maximum atomic E-state index is 12.3. The molecule has 0 saturated heterocycles. The molecular weight excluding hydrogens is 300 g/mol. The zero-order chi connectivity index (χ0) is 16.4. The number of amides is 1. The number of hydrogen-bond acceptors (Lipinski definition) is 5. The van der Waals surface area contributed by atoms with E-state index >= 15 is 0 Å². The first kappa shape index (κ1) is 14.7. The monoisotopic (exact) mass is 312 g/mol. The van der Waals surface area contributed by atoms with Gasteiger partial charge in [0, 0.05) is 12.5 Å². The predicted molar refractivity (Wildman–Crippen MR) is 81.1 cm³/mol. The van der Waals surface area contributed by atoms with E-state index in [9.17, 15) is 19.7 Å². The molecule has 0 aliphatic carbocycles. The van der Waals surface area contributed by atoms with Gasteiger partial charge in [0.1, 0.15) is 5.69 Å². The molecule has 0 fully saturated rings. The highest BCUT2D eigenvalue weighted by Crippen LogP contribution is 2.25. The van der Waals surface area contributed by atoms with Gasteiger partial charge in [0.05, 0.1) is 10.5 Å². The van der Waals surface area contributed by atoms with Crippen molar-refractivity contribution in [3.05, 3.63) is 69.8 Å². The third kappa shape index (κ3) is 2.89. The first-order valence-electron chi connectivity index (χ1n) is 6.89. The average molecular weight is 312 g/mol. The normalized spacial score (nSPS) is 16.2. The smallest absolute Gasteiger partial charge is 0.339 e. The number of nitrogens with zero attached hydrogens (tertiary/aromatic N) is 1. The highest BCUT2D eigenvalue weighted by atomic mass is 16.6. The maximum Gasteiger partial charge on any atom is 0.339 e. The van der Waals surface area contributed by atoms with Gasteiger partial charge in [-0.05, 0) is 17.7 Å². The Morgan fingerprint density at radius 2 is 1.87 bits per heavy atom. The fraction of sp³-hybridized carbons (Fsp3) is 0.125. The van der Waals surface area contributed by atoms with Crippen LogP contribution in [0.5, 0.6) is 0 Å². The van der Waals surface area contributed by atoms with Crippen molar-refractivity contribution < 1.29 is 19.2 Å². The van der Waals surface area contributed by atoms with E-state index < -0.39 is 22.9 Å². The van der Waals surface area contributed by atoms with Crippen molar-refractivity contribution in [2.24, 2.45) is 0 Å². The zero-order valence-electron chi connectivity index (χ0n) is 11.9. The number of nitro groups is 1. The van der Waals surface area contributed by atoms with Crippen LogP contribution in [0.3, 0.4) is 0 Å². The molecule has 1 amide bonds. The van der Waals surface area contributed by atoms with E-state index in [-0.39, 0.29) is 17.8 Å². The molecule has 1 aliphatic heterocycles. The van der Waals surface area contributed by atoms with Gasteiger partial charge in [-0.15, -0.1) is 0 Å². The number of hydrogen-bond donors (Lipinski definition) is 1. The van der Waals surface area contributed by atoms with Gasteiger partial charge in [-0.1, -0.05) is 30.3 Å². The summed E-state index contributed by atoms with van der Waals surface area (Å²) in [4.78, 5) is 34.6. The van der Waals surface area contributed by atoms with Gasteiger partial charge < -0.3 is 10.1 Å². The van der Waals surface area contributed by atoms with Crippen LogP contribution >= 0.6 is 0 Å². The molecule has 2 aromatic rings. The van der Waals surface area contributed by atoms with Gasteiger partial charge in [-0.2, -0.15) is 0 Å². The summed E-state index contributed by atoms with van der Waals surface area (Å²) < 4.78 is 5.13. The fourth-order valence-electron chi connectivity index (χ4n) is 2.43. The van der Waals surface area contributed by atoms with Crippen LogP contribution in [0.15, 0.2) is 48.5 Å². The van der Waals surface area contributed by atoms with Crippen molar-refractivity contribution in [2.45, 2.75) is 12.5 Å². The van der Waals surface area contributed by atoms with Crippen LogP contribution in [-0.4, -0.2) is 22.9 Å². The van der Waals surface area contributed by atoms with E-state index in [1.54, 1.807) is 30.3 Å². The molecule has 7 nitrogen and oxygen atoms in total. The molecule has 0 radical (unpaired) electrons. The van der Waals surface area contributed by atoms with Crippen LogP contribution in [0.4, 0.5) is 11.4 Å². The quantitative estimate of drug-likeness (QED) is 0.532. The van der Waals surface area contributed by atoms with Gasteiger partial charge in [-0.3, -0.25) is 14.9 Å². The molecule has 23 heavy (non-hydrogen) atoms. The predicted octanol–water partition coefficient (Wildman–Crippen LogP) is 2.32. The number of carbonyl (C=O) groups is 2. The molecule has 3 rings (SSSR count). The molecule has 0 aromatic heterocycles. The Labute approximate surface area is 131 Å². The Hall–Kier alpha value is -3.22. The topological polar surface area (TPSA) is 98.5 Å². The lowest BCUT2D eigenvalue weighted by atomic mass is 9.98. The number of carbonyl (C=O) groups excluding carboxylic acids is 2. The number of ether oxygens (including phenoxy) is 1. The van der Waals surface area contributed by atoms with E-state index in [1.807, 2.05) is 0 Å². The second-order valence-corrected chi connectivity index (χ2v) is 5.02. The minimum atomic E-state index is -1.02. The molecule has 0 spiro atoms. The molecule has 7 heteroatoms. The van der Waals surface area contributed by atoms with Gasteiger partial charge in [0.2, 0.25) is 0 Å². The lowest BCUT2D eigenvalue weighted by Gasteiger charge is -2.23. The molecule has 0 saturated carbocycles. The van der Waals surface area contributed by atoms with E-state index in [2.05, 4.69) is 5.32 Å². The SMILES string of the molecule is O=C1O[C@@H](C(=O)Nc2ccccc2[N+](=O)[O-])Cc2ccccc21. The summed E-state index contributed by atoms with van der Waals surface area (Å²) in [7, 11) is 0. The van der Waals surface area contributed by atoms with Crippen LogP contribution in [-0.2, 0) is 16.0 Å². The molecule has 1 atom stereocenters. The molecule has 0 unspecified atom stereocenters. The molecule has 1 N–H and O–H groups in total. The lowest BCUT2D eigenvalue weighted by molar-refractivity contribution is -0.383. The second kappa shape index (κ2) is 5.88. The van der Waals surface area contributed by atoms with Crippen molar-refractivity contribution in [3.8, 4) is 0 Å². The van der Waals surface area contributed by atoms with Crippen LogP contribution < -0.4 is 5.32 Å². The number of benzene rings is 2. The fourth-order valence-corrected chi connectivity index (χ4v) is 2.43. The number of nitro benzene ring substituents is 1. The number of esters is 1. The summed E-state index contributed by atoms with van der Waals surface area (Å²) in [6.45, 7) is 0. The van der Waals surface area contributed by atoms with Gasteiger partial charge in [0.25, 0.3) is 11.6 Å². The lowest BCUT2D eigenvalue weighted by Crippen LogP contribution is -2.38. The van der Waals surface area contributed by atoms with E-state index in [1.165, 1.54) is 18.2 Å². The average Bonchev–Trinajstić information content (AvgIpc) is 2.55. The van der Waals surface area contributed by atoms with Crippen molar-refractivity contribution in [1.29, 1.82) is 0 Å². The number of rotatable bonds is 3. The number of nitrogens with one attached hydrogen (secondary N) is 1. The summed E-state index contributed by atoms with van der Waals surface area (Å²) >= 11 is 0. The molecule has 1 heterocycles. The molecular formula is C16H12N2O5. The third-order valence-corrected chi connectivity index (χ3v) is 3.54. The molecule has 2 aromatic carbocycles. The van der Waals surface area contributed by atoms with Crippen molar-refractivity contribution in [1.82, 2.24) is 0 Å². The standard InChI is InChI=1S/C16H12N2O5/c19-15(17-12-7-3-4-8-13(12)18(21)22)14-9-10-5-1-2-6-11(10)16(20)23-14/h1-8,14H,9H2,(H,17,19)/t14-/m1/s1. The summed E-state index contributed by atoms with van der Waals surface area (Å²) in [5, 5.41) is 13.4. The number of para-hydroxylation sites is 2. The summed E-state index contributed by atoms with van der Waals surface area (Å²) in [5.41, 5.74) is 0.995. The number of cyclic esters (lactones) is 1. The first-order valence-corrected chi connectivity index (χ1v) is 6.89. The highest BCUT2D eigenvalue weighted by molar-refractivity contribution is 6.00. The van der Waals surface area contributed by atoms with Crippen LogP contribution in [0.2, 0.25) is 0 Å². The Morgan fingerprint density at radius 3 is 2.65 bits per heavy atom. The van der Waals surface area contributed by atoms with Gasteiger partial charge in [-0.25, -0.2) is 4.79 Å². The molecule has 0 bridgehead atoms. The Kier molecular flexibility index (Phi) is 3.76. The van der Waals surface area contributed by atoms with Gasteiger partial charge >= 0.3 is 5.97 Å². The summed E-state index contributed by atoms with van der Waals surface area (Å²) in [6.07, 6.45) is -0.786. The van der Waals surface area contributed by atoms with Crippen molar-refractivity contribution in [3.63, 3.8) is 0 Å². The Bertz CT molecular complexity index is 803. The minimum Gasteiger partial charge on any atom is -0.448 e. The first-order chi connectivity index (χ1) is 11.1. The largest absolute Gasteiger partial charge is 0.448 e. The van der Waals surface area contributed by atoms with Crippen LogP contribution in [0, 0.1) is 10.1 Å². The maximum absolute atomic E-state index is 12.3. The van der Waals surface area contributed by atoms with Gasteiger partial charge in [0.15, 0.2) is 6.10 Å².